The van der Waals surface area contributed by atoms with Crippen LogP contribution in [0.1, 0.15) is 23.4 Å². The first-order chi connectivity index (χ1) is 8.56. The van der Waals surface area contributed by atoms with E-state index < -0.39 is 0 Å². The maximum Gasteiger partial charge on any atom is 0.166 e. The number of hydrogen-bond acceptors (Lipinski definition) is 3. The van der Waals surface area contributed by atoms with Gasteiger partial charge in [-0.25, -0.2) is 0 Å². The predicted molar refractivity (Wildman–Crippen MR) is 76.6 cm³/mol. The summed E-state index contributed by atoms with van der Waals surface area (Å²) in [6, 6.07) is 0. The van der Waals surface area contributed by atoms with E-state index in [9.17, 15) is 0 Å². The highest BCUT2D eigenvalue weighted by molar-refractivity contribution is 7.80. The van der Waals surface area contributed by atoms with Gasteiger partial charge in [0.2, 0.25) is 0 Å². The van der Waals surface area contributed by atoms with Crippen LogP contribution in [0.3, 0.4) is 0 Å². The van der Waals surface area contributed by atoms with Gasteiger partial charge in [0.25, 0.3) is 0 Å². The van der Waals surface area contributed by atoms with Gasteiger partial charge in [0.05, 0.1) is 5.69 Å². The molecule has 0 aliphatic heterocycles. The fraction of sp³-hybridized carbons (Fsp3) is 0.667. The van der Waals surface area contributed by atoms with Crippen molar-refractivity contribution < 1.29 is 4.74 Å². The molecule has 0 saturated carbocycles. The molecule has 0 aliphatic carbocycles. The third kappa shape index (κ3) is 4.27. The lowest BCUT2D eigenvalue weighted by atomic mass is 10.2. The molecular formula is C12H22N4OS. The number of methoxy groups -OCH3 is 1. The van der Waals surface area contributed by atoms with Gasteiger partial charge in [0.1, 0.15) is 0 Å². The second kappa shape index (κ2) is 7.33. The lowest BCUT2D eigenvalue weighted by molar-refractivity contribution is 0.195. The van der Waals surface area contributed by atoms with Crippen molar-refractivity contribution in [1.82, 2.24) is 20.4 Å². The van der Waals surface area contributed by atoms with Crippen molar-refractivity contribution >= 4 is 17.3 Å². The van der Waals surface area contributed by atoms with E-state index in [2.05, 4.69) is 22.7 Å². The van der Waals surface area contributed by atoms with Gasteiger partial charge in [0.15, 0.2) is 5.11 Å². The predicted octanol–water partition coefficient (Wildman–Crippen LogP) is 1.04. The number of hydrogen-bond donors (Lipinski definition) is 2. The minimum absolute atomic E-state index is 0.675. The summed E-state index contributed by atoms with van der Waals surface area (Å²) in [6.45, 7) is 6.36. The van der Waals surface area contributed by atoms with E-state index in [0.717, 1.165) is 25.3 Å². The molecule has 0 aromatic carbocycles. The molecule has 2 N–H and O–H groups in total. The Hall–Kier alpha value is -1.14. The number of aromatic nitrogens is 2. The van der Waals surface area contributed by atoms with Crippen LogP contribution < -0.4 is 10.6 Å². The van der Waals surface area contributed by atoms with Gasteiger partial charge in [-0.05, 0) is 32.5 Å². The SMILES string of the molecule is COCCCNC(=S)NCc1c(C)nn(C)c1C. The summed E-state index contributed by atoms with van der Waals surface area (Å²) in [5.41, 5.74) is 3.42. The molecule has 18 heavy (non-hydrogen) atoms. The number of aryl methyl sites for hydroxylation is 2. The number of nitrogens with one attached hydrogen (secondary N) is 2. The summed E-state index contributed by atoms with van der Waals surface area (Å²) in [7, 11) is 3.65. The number of rotatable bonds is 6. The monoisotopic (exact) mass is 270 g/mol. The van der Waals surface area contributed by atoms with Gasteiger partial charge >= 0.3 is 0 Å². The number of ether oxygens (including phenoxy) is 1. The van der Waals surface area contributed by atoms with Crippen molar-refractivity contribution in [3.63, 3.8) is 0 Å². The molecule has 1 heterocycles. The molecule has 0 amide bonds. The highest BCUT2D eigenvalue weighted by Crippen LogP contribution is 2.10. The molecule has 1 aromatic heterocycles. The Kier molecular flexibility index (Phi) is 6.07. The van der Waals surface area contributed by atoms with Gasteiger partial charge in [-0.15, -0.1) is 0 Å². The van der Waals surface area contributed by atoms with Crippen molar-refractivity contribution in [2.24, 2.45) is 7.05 Å². The average molecular weight is 270 g/mol. The maximum absolute atomic E-state index is 5.21. The van der Waals surface area contributed by atoms with Crippen molar-refractivity contribution in [2.75, 3.05) is 20.3 Å². The molecule has 0 saturated heterocycles. The third-order valence-corrected chi connectivity index (χ3v) is 3.18. The molecule has 0 unspecified atom stereocenters. The Morgan fingerprint density at radius 2 is 2.11 bits per heavy atom. The summed E-state index contributed by atoms with van der Waals surface area (Å²) in [4.78, 5) is 0. The zero-order chi connectivity index (χ0) is 13.5. The maximum atomic E-state index is 5.21. The second-order valence-electron chi connectivity index (χ2n) is 4.23. The molecule has 0 atom stereocenters. The van der Waals surface area contributed by atoms with E-state index in [0.29, 0.717) is 11.7 Å². The van der Waals surface area contributed by atoms with Crippen LogP contribution in [0.25, 0.3) is 0 Å². The van der Waals surface area contributed by atoms with Crippen LogP contribution in [0.15, 0.2) is 0 Å². The Labute approximate surface area is 114 Å². The first kappa shape index (κ1) is 14.9. The number of thiocarbonyl (C=S) groups is 1. The van der Waals surface area contributed by atoms with Crippen molar-refractivity contribution in [3.8, 4) is 0 Å². The zero-order valence-corrected chi connectivity index (χ0v) is 12.4. The molecule has 0 fully saturated rings. The van der Waals surface area contributed by atoms with Crippen LogP contribution in [0.4, 0.5) is 0 Å². The zero-order valence-electron chi connectivity index (χ0n) is 11.5. The Bertz CT molecular complexity index is 403. The van der Waals surface area contributed by atoms with E-state index in [1.165, 1.54) is 11.3 Å². The normalized spacial score (nSPS) is 10.4. The molecule has 0 bridgehead atoms. The molecule has 0 aliphatic rings. The molecule has 6 heteroatoms. The fourth-order valence-electron chi connectivity index (χ4n) is 1.72. The molecule has 0 spiro atoms. The molecular weight excluding hydrogens is 248 g/mol. The molecule has 102 valence electrons. The van der Waals surface area contributed by atoms with E-state index in [1.54, 1.807) is 7.11 Å². The quantitative estimate of drug-likeness (QED) is 0.597. The minimum Gasteiger partial charge on any atom is -0.385 e. The van der Waals surface area contributed by atoms with E-state index >= 15 is 0 Å². The van der Waals surface area contributed by atoms with Crippen LogP contribution in [0.2, 0.25) is 0 Å². The van der Waals surface area contributed by atoms with Gasteiger partial charge in [0, 0.05) is 45.1 Å². The minimum atomic E-state index is 0.675. The van der Waals surface area contributed by atoms with Crippen molar-refractivity contribution in [2.45, 2.75) is 26.8 Å². The lowest BCUT2D eigenvalue weighted by Crippen LogP contribution is -2.35. The second-order valence-corrected chi connectivity index (χ2v) is 4.64. The molecule has 1 aromatic rings. The van der Waals surface area contributed by atoms with Gasteiger partial charge < -0.3 is 15.4 Å². The van der Waals surface area contributed by atoms with Gasteiger partial charge in [-0.1, -0.05) is 0 Å². The first-order valence-electron chi connectivity index (χ1n) is 6.06. The Morgan fingerprint density at radius 3 is 2.67 bits per heavy atom. The van der Waals surface area contributed by atoms with Crippen molar-refractivity contribution in [3.05, 3.63) is 17.0 Å². The molecule has 5 nitrogen and oxygen atoms in total. The average Bonchev–Trinajstić information content (AvgIpc) is 2.57. The summed E-state index contributed by atoms with van der Waals surface area (Å²) in [5, 5.41) is 11.4. The van der Waals surface area contributed by atoms with Crippen molar-refractivity contribution in [1.29, 1.82) is 0 Å². The Balaban J connectivity index is 2.34. The van der Waals surface area contributed by atoms with Crippen LogP contribution >= 0.6 is 12.2 Å². The Morgan fingerprint density at radius 1 is 1.39 bits per heavy atom. The molecule has 1 rings (SSSR count). The smallest absolute Gasteiger partial charge is 0.166 e. The van der Waals surface area contributed by atoms with Crippen LogP contribution in [-0.2, 0) is 18.3 Å². The first-order valence-corrected chi connectivity index (χ1v) is 6.46. The third-order valence-electron chi connectivity index (χ3n) is 2.90. The summed E-state index contributed by atoms with van der Waals surface area (Å²) in [5.74, 6) is 0. The molecule has 0 radical (unpaired) electrons. The highest BCUT2D eigenvalue weighted by Gasteiger charge is 2.08. The van der Waals surface area contributed by atoms with Crippen LogP contribution in [0.5, 0.6) is 0 Å². The summed E-state index contributed by atoms with van der Waals surface area (Å²) >= 11 is 5.21. The summed E-state index contributed by atoms with van der Waals surface area (Å²) < 4.78 is 6.86. The summed E-state index contributed by atoms with van der Waals surface area (Å²) in [6.07, 6.45) is 0.948. The van der Waals surface area contributed by atoms with Crippen LogP contribution in [-0.4, -0.2) is 35.2 Å². The van der Waals surface area contributed by atoms with Crippen LogP contribution in [0, 0.1) is 13.8 Å². The van der Waals surface area contributed by atoms with E-state index in [-0.39, 0.29) is 0 Å². The lowest BCUT2D eigenvalue weighted by Gasteiger charge is -2.10. The highest BCUT2D eigenvalue weighted by atomic mass is 32.1. The fourth-order valence-corrected chi connectivity index (χ4v) is 1.90. The van der Waals surface area contributed by atoms with Gasteiger partial charge in [-0.2, -0.15) is 5.10 Å². The topological polar surface area (TPSA) is 51.1 Å². The largest absolute Gasteiger partial charge is 0.385 e. The van der Waals surface area contributed by atoms with E-state index in [4.69, 9.17) is 17.0 Å². The standard InChI is InChI=1S/C12H22N4OS/c1-9-11(10(2)16(3)15-9)8-14-12(18)13-6-5-7-17-4/h5-8H2,1-4H3,(H2,13,14,18). The van der Waals surface area contributed by atoms with E-state index in [1.807, 2.05) is 18.7 Å². The van der Waals surface area contributed by atoms with Gasteiger partial charge in [-0.3, -0.25) is 4.68 Å². The number of nitrogens with zero attached hydrogens (tertiary/aromatic N) is 2.